The molecule has 1 unspecified atom stereocenters. The maximum Gasteiger partial charge on any atom is 0.274 e. The van der Waals surface area contributed by atoms with E-state index in [2.05, 4.69) is 10.6 Å². The number of terminal acetylenes is 1. The molecule has 1 saturated heterocycles. The zero-order chi connectivity index (χ0) is 13.6. The standard InChI is InChI=1S/C11H19N3O3S/c1-2-3-6-11(15)14-7-4-5-10(9-14)8-13-18(12,16)17/h1,10,13H,3-9H2,(H2,12,16,17). The van der Waals surface area contributed by atoms with Gasteiger partial charge in [-0.1, -0.05) is 0 Å². The van der Waals surface area contributed by atoms with Gasteiger partial charge in [-0.25, -0.2) is 9.86 Å². The van der Waals surface area contributed by atoms with Gasteiger partial charge in [0.25, 0.3) is 10.2 Å². The second-order valence-corrected chi connectivity index (χ2v) is 5.82. The summed E-state index contributed by atoms with van der Waals surface area (Å²) in [6, 6.07) is 0. The van der Waals surface area contributed by atoms with E-state index in [1.807, 2.05) is 0 Å². The van der Waals surface area contributed by atoms with Crippen LogP contribution in [0.2, 0.25) is 0 Å². The number of hydrogen-bond donors (Lipinski definition) is 2. The van der Waals surface area contributed by atoms with E-state index in [1.54, 1.807) is 4.90 Å². The second-order valence-electron chi connectivity index (χ2n) is 4.45. The summed E-state index contributed by atoms with van der Waals surface area (Å²) in [6.45, 7) is 1.55. The van der Waals surface area contributed by atoms with Crippen LogP contribution in [0, 0.1) is 18.3 Å². The molecule has 0 aromatic rings. The van der Waals surface area contributed by atoms with Crippen molar-refractivity contribution in [3.05, 3.63) is 0 Å². The number of carbonyl (C=O) groups excluding carboxylic acids is 1. The van der Waals surface area contributed by atoms with Gasteiger partial charge < -0.3 is 4.90 Å². The molecule has 1 heterocycles. The number of amides is 1. The van der Waals surface area contributed by atoms with Crippen LogP contribution in [0.25, 0.3) is 0 Å². The molecule has 0 radical (unpaired) electrons. The molecule has 102 valence electrons. The van der Waals surface area contributed by atoms with Crippen LogP contribution in [-0.4, -0.2) is 38.9 Å². The van der Waals surface area contributed by atoms with Crippen LogP contribution in [0.15, 0.2) is 0 Å². The van der Waals surface area contributed by atoms with E-state index in [1.165, 1.54) is 0 Å². The highest BCUT2D eigenvalue weighted by atomic mass is 32.2. The lowest BCUT2D eigenvalue weighted by Gasteiger charge is -2.32. The Kier molecular flexibility index (Phi) is 5.59. The fourth-order valence-corrected chi connectivity index (χ4v) is 2.50. The summed E-state index contributed by atoms with van der Waals surface area (Å²) < 4.78 is 23.9. The highest BCUT2D eigenvalue weighted by Crippen LogP contribution is 2.16. The van der Waals surface area contributed by atoms with Crippen molar-refractivity contribution in [2.24, 2.45) is 11.1 Å². The van der Waals surface area contributed by atoms with Gasteiger partial charge in [0.05, 0.1) is 0 Å². The number of nitrogens with two attached hydrogens (primary N) is 1. The number of nitrogens with zero attached hydrogens (tertiary/aromatic N) is 1. The average molecular weight is 273 g/mol. The van der Waals surface area contributed by atoms with E-state index >= 15 is 0 Å². The van der Waals surface area contributed by atoms with Crippen LogP contribution < -0.4 is 9.86 Å². The van der Waals surface area contributed by atoms with Crippen molar-refractivity contribution in [3.8, 4) is 12.3 Å². The fourth-order valence-electron chi connectivity index (χ4n) is 2.03. The number of hydrogen-bond acceptors (Lipinski definition) is 3. The molecule has 6 nitrogen and oxygen atoms in total. The van der Waals surface area contributed by atoms with Crippen LogP contribution in [0.3, 0.4) is 0 Å². The third-order valence-corrected chi connectivity index (χ3v) is 3.50. The quantitative estimate of drug-likeness (QED) is 0.657. The average Bonchev–Trinajstić information content (AvgIpc) is 2.33. The first kappa shape index (κ1) is 15.0. The van der Waals surface area contributed by atoms with E-state index in [-0.39, 0.29) is 18.4 Å². The largest absolute Gasteiger partial charge is 0.342 e. The van der Waals surface area contributed by atoms with Gasteiger partial charge in [-0.15, -0.1) is 12.3 Å². The number of rotatable bonds is 5. The normalized spacial score (nSPS) is 20.4. The Labute approximate surface area is 108 Å². The zero-order valence-corrected chi connectivity index (χ0v) is 11.1. The molecule has 0 aromatic carbocycles. The molecule has 1 aliphatic heterocycles. The van der Waals surface area contributed by atoms with Crippen LogP contribution in [0.1, 0.15) is 25.7 Å². The second kappa shape index (κ2) is 6.73. The van der Waals surface area contributed by atoms with E-state index in [0.29, 0.717) is 19.4 Å². The van der Waals surface area contributed by atoms with Gasteiger partial charge in [0.15, 0.2) is 0 Å². The van der Waals surface area contributed by atoms with Crippen molar-refractivity contribution in [1.82, 2.24) is 9.62 Å². The summed E-state index contributed by atoms with van der Waals surface area (Å²) in [5.74, 6) is 2.59. The maximum absolute atomic E-state index is 11.8. The Balaban J connectivity index is 2.41. The molecule has 0 spiro atoms. The van der Waals surface area contributed by atoms with Crippen molar-refractivity contribution < 1.29 is 13.2 Å². The predicted molar refractivity (Wildman–Crippen MR) is 68.5 cm³/mol. The van der Waals surface area contributed by atoms with Crippen molar-refractivity contribution in [3.63, 3.8) is 0 Å². The fraction of sp³-hybridized carbons (Fsp3) is 0.727. The van der Waals surface area contributed by atoms with Crippen molar-refractivity contribution in [2.75, 3.05) is 19.6 Å². The van der Waals surface area contributed by atoms with E-state index < -0.39 is 10.2 Å². The molecule has 18 heavy (non-hydrogen) atoms. The summed E-state index contributed by atoms with van der Waals surface area (Å²) >= 11 is 0. The first-order valence-electron chi connectivity index (χ1n) is 5.91. The first-order valence-corrected chi connectivity index (χ1v) is 7.45. The van der Waals surface area contributed by atoms with Crippen LogP contribution in [0.5, 0.6) is 0 Å². The van der Waals surface area contributed by atoms with Crippen molar-refractivity contribution in [2.45, 2.75) is 25.7 Å². The minimum Gasteiger partial charge on any atom is -0.342 e. The predicted octanol–water partition coefficient (Wildman–Crippen LogP) is -0.568. The molecule has 1 aliphatic rings. The van der Waals surface area contributed by atoms with E-state index in [4.69, 9.17) is 11.6 Å². The molecule has 1 rings (SSSR count). The van der Waals surface area contributed by atoms with Crippen molar-refractivity contribution in [1.29, 1.82) is 0 Å². The lowest BCUT2D eigenvalue weighted by atomic mass is 9.98. The third kappa shape index (κ3) is 5.49. The Hall–Kier alpha value is -1.10. The Bertz CT molecular complexity index is 427. The molecule has 7 heteroatoms. The highest BCUT2D eigenvalue weighted by molar-refractivity contribution is 7.87. The monoisotopic (exact) mass is 273 g/mol. The summed E-state index contributed by atoms with van der Waals surface area (Å²) in [5, 5.41) is 4.87. The third-order valence-electron chi connectivity index (χ3n) is 2.93. The van der Waals surface area contributed by atoms with Crippen LogP contribution in [0.4, 0.5) is 0 Å². The molecule has 0 aliphatic carbocycles. The van der Waals surface area contributed by atoms with E-state index in [0.717, 1.165) is 19.4 Å². The van der Waals surface area contributed by atoms with Crippen LogP contribution >= 0.6 is 0 Å². The molecule has 0 saturated carbocycles. The number of likely N-dealkylation sites (tertiary alicyclic amines) is 1. The van der Waals surface area contributed by atoms with Gasteiger partial charge >= 0.3 is 0 Å². The number of piperidine rings is 1. The van der Waals surface area contributed by atoms with Crippen molar-refractivity contribution >= 4 is 16.1 Å². The van der Waals surface area contributed by atoms with Gasteiger partial charge in [0.1, 0.15) is 0 Å². The smallest absolute Gasteiger partial charge is 0.274 e. The van der Waals surface area contributed by atoms with Gasteiger partial charge in [0, 0.05) is 32.5 Å². The lowest BCUT2D eigenvalue weighted by molar-refractivity contribution is -0.132. The summed E-state index contributed by atoms with van der Waals surface area (Å²) in [6.07, 6.45) is 7.67. The summed E-state index contributed by atoms with van der Waals surface area (Å²) in [7, 11) is -3.66. The Morgan fingerprint density at radius 1 is 1.56 bits per heavy atom. The van der Waals surface area contributed by atoms with Gasteiger partial charge in [-0.05, 0) is 18.8 Å². The SMILES string of the molecule is C#CCCC(=O)N1CCCC(CNS(N)(=O)=O)C1. The van der Waals surface area contributed by atoms with Crippen LogP contribution in [-0.2, 0) is 15.0 Å². The Morgan fingerprint density at radius 3 is 2.89 bits per heavy atom. The zero-order valence-electron chi connectivity index (χ0n) is 10.3. The Morgan fingerprint density at radius 2 is 2.28 bits per heavy atom. The van der Waals surface area contributed by atoms with E-state index in [9.17, 15) is 13.2 Å². The number of carbonyl (C=O) groups is 1. The summed E-state index contributed by atoms with van der Waals surface area (Å²) in [5.41, 5.74) is 0. The molecule has 1 atom stereocenters. The topological polar surface area (TPSA) is 92.5 Å². The van der Waals surface area contributed by atoms with Gasteiger partial charge in [-0.3, -0.25) is 4.79 Å². The minimum atomic E-state index is -3.66. The highest BCUT2D eigenvalue weighted by Gasteiger charge is 2.23. The maximum atomic E-state index is 11.8. The molecule has 1 fully saturated rings. The first-order chi connectivity index (χ1) is 8.42. The van der Waals surface area contributed by atoms with Gasteiger partial charge in [-0.2, -0.15) is 8.42 Å². The molecule has 0 aromatic heterocycles. The summed E-state index contributed by atoms with van der Waals surface area (Å²) in [4.78, 5) is 13.5. The lowest BCUT2D eigenvalue weighted by Crippen LogP contribution is -2.44. The number of nitrogens with one attached hydrogen (secondary N) is 1. The van der Waals surface area contributed by atoms with Gasteiger partial charge in [0.2, 0.25) is 5.91 Å². The minimum absolute atomic E-state index is 0.0354. The molecular weight excluding hydrogens is 254 g/mol. The molecule has 0 bridgehead atoms. The molecular formula is C11H19N3O3S. The molecule has 3 N–H and O–H groups in total. The molecule has 1 amide bonds.